The van der Waals surface area contributed by atoms with E-state index in [0.29, 0.717) is 5.41 Å². The molecular weight excluding hydrogens is 735 g/mol. The van der Waals surface area contributed by atoms with Crippen molar-refractivity contribution in [3.05, 3.63) is 196 Å². The van der Waals surface area contributed by atoms with Crippen LogP contribution in [0.15, 0.2) is 152 Å². The first-order valence-corrected chi connectivity index (χ1v) is 23.2. The highest BCUT2D eigenvalue weighted by Gasteiger charge is 2.53. The predicted molar refractivity (Wildman–Crippen MR) is 254 cm³/mol. The molecule has 14 rings (SSSR count). The van der Waals surface area contributed by atoms with Crippen molar-refractivity contribution in [3.63, 3.8) is 0 Å². The van der Waals surface area contributed by atoms with Gasteiger partial charge in [0.1, 0.15) is 0 Å². The number of anilines is 3. The molecule has 1 spiro atoms. The SMILES string of the molecule is CC(C)(C)c1ccc2c(c1)C1(c3ccccc3-c3ccc(N(c4cccc(C56CC7CC(CC(C7)C5)C6)c4)c4ccc5c(c4)-c4ccccc4C5(C)C)cc31)c1ccccc1-2. The van der Waals surface area contributed by atoms with Gasteiger partial charge in [-0.3, -0.25) is 0 Å². The number of benzene rings is 7. The third-order valence-corrected chi connectivity index (χ3v) is 16.8. The van der Waals surface area contributed by atoms with Crippen LogP contribution in [0.4, 0.5) is 17.1 Å². The molecule has 0 amide bonds. The fourth-order valence-electron chi connectivity index (χ4n) is 14.5. The molecule has 61 heavy (non-hydrogen) atoms. The summed E-state index contributed by atoms with van der Waals surface area (Å²) in [6.07, 6.45) is 8.47. The maximum Gasteiger partial charge on any atom is 0.0726 e. The van der Waals surface area contributed by atoms with Gasteiger partial charge in [0.15, 0.2) is 0 Å². The van der Waals surface area contributed by atoms with E-state index in [2.05, 4.69) is 191 Å². The van der Waals surface area contributed by atoms with E-state index in [0.717, 1.165) is 17.8 Å². The molecule has 0 saturated heterocycles. The molecule has 0 aliphatic heterocycles. The Kier molecular flexibility index (Phi) is 7.24. The second-order valence-corrected chi connectivity index (χ2v) is 21.6. The Morgan fingerprint density at radius 2 is 0.918 bits per heavy atom. The Labute approximate surface area is 362 Å². The largest absolute Gasteiger partial charge is 0.310 e. The van der Waals surface area contributed by atoms with E-state index in [1.54, 1.807) is 5.56 Å². The summed E-state index contributed by atoms with van der Waals surface area (Å²) >= 11 is 0. The molecule has 0 aromatic heterocycles. The summed E-state index contributed by atoms with van der Waals surface area (Å²) in [4.78, 5) is 2.61. The second-order valence-electron chi connectivity index (χ2n) is 21.6. The Balaban J connectivity index is 1.06. The standard InChI is InChI=1S/C60H55N/c1-57(2,3)40-21-24-48-45-15-7-10-19-53(45)60(55(48)31-40)54-20-11-8-16-46(54)49-25-22-44(33-56(49)60)61(43-23-26-52-50(32-43)47-17-6-9-18-51(47)58(52,4)5)42-14-12-13-41(30-42)59-34-37-27-38(35-59)29-39(28-37)36-59/h6-26,30-33,37-39H,27-29,34-36H2,1-5H3. The van der Waals surface area contributed by atoms with Gasteiger partial charge in [-0.2, -0.15) is 0 Å². The Bertz CT molecular complexity index is 2940. The van der Waals surface area contributed by atoms with Crippen LogP contribution in [0.25, 0.3) is 33.4 Å². The molecule has 0 N–H and O–H groups in total. The maximum atomic E-state index is 2.62. The third-order valence-electron chi connectivity index (χ3n) is 16.8. The van der Waals surface area contributed by atoms with Gasteiger partial charge in [-0.05, 0) is 181 Å². The van der Waals surface area contributed by atoms with Crippen molar-refractivity contribution in [2.45, 2.75) is 94.8 Å². The lowest BCUT2D eigenvalue weighted by molar-refractivity contribution is -0.00516. The number of fused-ring (bicyclic) bond motifs is 13. The zero-order valence-electron chi connectivity index (χ0n) is 36.4. The zero-order valence-corrected chi connectivity index (χ0v) is 36.4. The van der Waals surface area contributed by atoms with Crippen molar-refractivity contribution >= 4 is 17.1 Å². The molecule has 1 atom stereocenters. The molecule has 7 aromatic carbocycles. The van der Waals surface area contributed by atoms with E-state index in [1.165, 1.54) is 128 Å². The lowest BCUT2D eigenvalue weighted by Gasteiger charge is -2.57. The van der Waals surface area contributed by atoms with Crippen molar-refractivity contribution in [2.75, 3.05) is 4.90 Å². The van der Waals surface area contributed by atoms with E-state index in [4.69, 9.17) is 0 Å². The third kappa shape index (κ3) is 4.84. The molecule has 7 aromatic rings. The van der Waals surface area contributed by atoms with E-state index in [9.17, 15) is 0 Å². The normalized spacial score (nSPS) is 25.2. The average Bonchev–Trinajstić information content (AvgIpc) is 3.81. The van der Waals surface area contributed by atoms with Crippen LogP contribution in [0.2, 0.25) is 0 Å². The fraction of sp³-hybridized carbons (Fsp3) is 0.300. The van der Waals surface area contributed by atoms with E-state index in [-0.39, 0.29) is 10.8 Å². The summed E-state index contributed by atoms with van der Waals surface area (Å²) in [6.45, 7) is 11.8. The Morgan fingerprint density at radius 1 is 0.426 bits per heavy atom. The monoisotopic (exact) mass is 789 g/mol. The quantitative estimate of drug-likeness (QED) is 0.172. The molecule has 300 valence electrons. The van der Waals surface area contributed by atoms with Gasteiger partial charge < -0.3 is 4.90 Å². The highest BCUT2D eigenvalue weighted by atomic mass is 15.1. The number of nitrogens with zero attached hydrogens (tertiary/aromatic N) is 1. The van der Waals surface area contributed by atoms with Gasteiger partial charge in [0.25, 0.3) is 0 Å². The van der Waals surface area contributed by atoms with Crippen molar-refractivity contribution < 1.29 is 0 Å². The van der Waals surface area contributed by atoms with E-state index in [1.807, 2.05) is 0 Å². The Hall–Kier alpha value is -5.66. The van der Waals surface area contributed by atoms with Crippen LogP contribution in [0.1, 0.15) is 118 Å². The van der Waals surface area contributed by atoms with Crippen LogP contribution in [0, 0.1) is 17.8 Å². The van der Waals surface area contributed by atoms with Crippen molar-refractivity contribution in [3.8, 4) is 33.4 Å². The molecule has 1 unspecified atom stereocenters. The smallest absolute Gasteiger partial charge is 0.0726 e. The van der Waals surface area contributed by atoms with Gasteiger partial charge in [-0.25, -0.2) is 0 Å². The first-order chi connectivity index (χ1) is 29.5. The second kappa shape index (κ2) is 12.3. The predicted octanol–water partition coefficient (Wildman–Crippen LogP) is 15.6. The van der Waals surface area contributed by atoms with Crippen molar-refractivity contribution in [2.24, 2.45) is 17.8 Å². The zero-order chi connectivity index (χ0) is 41.0. The van der Waals surface area contributed by atoms with Gasteiger partial charge >= 0.3 is 0 Å². The van der Waals surface area contributed by atoms with Crippen molar-refractivity contribution in [1.29, 1.82) is 0 Å². The lowest BCUT2D eigenvalue weighted by Crippen LogP contribution is -2.48. The first-order valence-electron chi connectivity index (χ1n) is 23.2. The van der Waals surface area contributed by atoms with E-state index >= 15 is 0 Å². The first kappa shape index (κ1) is 36.0. The molecule has 1 heteroatoms. The molecule has 7 aliphatic carbocycles. The molecule has 7 aliphatic rings. The molecule has 0 radical (unpaired) electrons. The highest BCUT2D eigenvalue weighted by Crippen LogP contribution is 2.65. The summed E-state index contributed by atoms with van der Waals surface area (Å²) < 4.78 is 0. The van der Waals surface area contributed by atoms with Crippen LogP contribution >= 0.6 is 0 Å². The van der Waals surface area contributed by atoms with Gasteiger partial charge in [-0.1, -0.05) is 150 Å². The summed E-state index contributed by atoms with van der Waals surface area (Å²) in [5, 5.41) is 0. The highest BCUT2D eigenvalue weighted by molar-refractivity contribution is 5.97. The Morgan fingerprint density at radius 3 is 1.56 bits per heavy atom. The van der Waals surface area contributed by atoms with Gasteiger partial charge in [0, 0.05) is 22.5 Å². The number of hydrogen-bond donors (Lipinski definition) is 0. The molecular formula is C60H55N. The van der Waals surface area contributed by atoms with Crippen LogP contribution in [-0.2, 0) is 21.7 Å². The minimum Gasteiger partial charge on any atom is -0.310 e. The average molecular weight is 790 g/mol. The molecule has 4 bridgehead atoms. The maximum absolute atomic E-state index is 2.62. The lowest BCUT2D eigenvalue weighted by atomic mass is 9.48. The van der Waals surface area contributed by atoms with Gasteiger partial charge in [0.2, 0.25) is 0 Å². The molecule has 1 nitrogen and oxygen atoms in total. The summed E-state index contributed by atoms with van der Waals surface area (Å²) in [5.74, 6) is 2.70. The van der Waals surface area contributed by atoms with Crippen LogP contribution in [0.5, 0.6) is 0 Å². The topological polar surface area (TPSA) is 3.24 Å². The number of rotatable bonds is 4. The van der Waals surface area contributed by atoms with Crippen molar-refractivity contribution in [1.82, 2.24) is 0 Å². The summed E-state index contributed by atoms with van der Waals surface area (Å²) in [6, 6.07) is 59.7. The fourth-order valence-corrected chi connectivity index (χ4v) is 14.5. The molecule has 0 heterocycles. The number of hydrogen-bond acceptors (Lipinski definition) is 1. The molecule has 4 fully saturated rings. The summed E-state index contributed by atoms with van der Waals surface area (Å²) in [5.41, 5.74) is 23.1. The molecule has 4 saturated carbocycles. The summed E-state index contributed by atoms with van der Waals surface area (Å²) in [7, 11) is 0. The van der Waals surface area contributed by atoms with Gasteiger partial charge in [0.05, 0.1) is 5.41 Å². The van der Waals surface area contributed by atoms with Gasteiger partial charge in [-0.15, -0.1) is 0 Å². The van der Waals surface area contributed by atoms with Crippen LogP contribution < -0.4 is 4.90 Å². The minimum atomic E-state index is -0.428. The van der Waals surface area contributed by atoms with E-state index < -0.39 is 5.41 Å². The minimum absolute atomic E-state index is 0.0209. The van der Waals surface area contributed by atoms with Crippen LogP contribution in [-0.4, -0.2) is 0 Å². The van der Waals surface area contributed by atoms with Crippen LogP contribution in [0.3, 0.4) is 0 Å².